The van der Waals surface area contributed by atoms with Gasteiger partial charge in [-0.2, -0.15) is 14.0 Å². The van der Waals surface area contributed by atoms with Crippen molar-refractivity contribution in [3.63, 3.8) is 0 Å². The Hall–Kier alpha value is -3.91. The van der Waals surface area contributed by atoms with Crippen molar-refractivity contribution in [2.75, 3.05) is 0 Å². The van der Waals surface area contributed by atoms with Gasteiger partial charge in [-0.1, -0.05) is 18.2 Å². The van der Waals surface area contributed by atoms with Gasteiger partial charge in [-0.25, -0.2) is 18.4 Å². The van der Waals surface area contributed by atoms with Gasteiger partial charge in [0.2, 0.25) is 0 Å². The molecule has 7 nitrogen and oxygen atoms in total. The monoisotopic (exact) mass is 428 g/mol. The molecule has 4 rings (SSSR count). The first-order valence-corrected chi connectivity index (χ1v) is 8.83. The zero-order valence-electron chi connectivity index (χ0n) is 15.5. The van der Waals surface area contributed by atoms with E-state index in [1.54, 1.807) is 12.1 Å². The van der Waals surface area contributed by atoms with Gasteiger partial charge in [-0.15, -0.1) is 5.10 Å². The van der Waals surface area contributed by atoms with Crippen LogP contribution in [0.25, 0.3) is 10.9 Å². The third-order valence-corrected chi connectivity index (χ3v) is 4.84. The summed E-state index contributed by atoms with van der Waals surface area (Å²) < 4.78 is 60.3. The van der Waals surface area contributed by atoms with E-state index in [9.17, 15) is 19.1 Å². The molecule has 2 aromatic carbocycles. The van der Waals surface area contributed by atoms with Gasteiger partial charge < -0.3 is 5.11 Å². The summed E-state index contributed by atoms with van der Waals surface area (Å²) in [6.07, 6.45) is 0.962. The van der Waals surface area contributed by atoms with Gasteiger partial charge in [-0.05, 0) is 34.7 Å². The molecule has 1 N–H and O–H groups in total. The minimum atomic E-state index is -4.20. The van der Waals surface area contributed by atoms with Gasteiger partial charge >= 0.3 is 5.92 Å². The SMILES string of the molecule is N#Cc1cccc2ccc(C(F)(F)C(O)(Cn3cnnn3)c3ccc(F)cc3F)nc12. The topological polar surface area (TPSA) is 101 Å². The molecule has 0 aliphatic heterocycles. The Morgan fingerprint density at radius 2 is 1.90 bits per heavy atom. The number of aromatic nitrogens is 5. The lowest BCUT2D eigenvalue weighted by Gasteiger charge is -2.35. The number of halogens is 4. The molecule has 0 aliphatic carbocycles. The van der Waals surface area contributed by atoms with Gasteiger partial charge in [0.05, 0.1) is 17.6 Å². The van der Waals surface area contributed by atoms with Crippen LogP contribution in [0.1, 0.15) is 16.8 Å². The van der Waals surface area contributed by atoms with E-state index in [0.717, 1.165) is 29.2 Å². The van der Waals surface area contributed by atoms with Gasteiger partial charge in [-0.3, -0.25) is 0 Å². The molecule has 156 valence electrons. The summed E-state index contributed by atoms with van der Waals surface area (Å²) in [5, 5.41) is 31.0. The van der Waals surface area contributed by atoms with Crippen LogP contribution < -0.4 is 0 Å². The van der Waals surface area contributed by atoms with Gasteiger partial charge in [0, 0.05) is 17.0 Å². The highest BCUT2D eigenvalue weighted by Crippen LogP contribution is 2.47. The van der Waals surface area contributed by atoms with E-state index in [4.69, 9.17) is 0 Å². The molecule has 0 saturated carbocycles. The normalized spacial score (nSPS) is 13.7. The molecule has 0 amide bonds. The minimum absolute atomic E-state index is 0.00785. The molecular weight excluding hydrogens is 416 g/mol. The lowest BCUT2D eigenvalue weighted by molar-refractivity contribution is -0.207. The number of para-hydroxylation sites is 1. The quantitative estimate of drug-likeness (QED) is 0.491. The fourth-order valence-corrected chi connectivity index (χ4v) is 3.29. The summed E-state index contributed by atoms with van der Waals surface area (Å²) in [6.45, 7) is -0.963. The van der Waals surface area contributed by atoms with Crippen molar-refractivity contribution in [1.29, 1.82) is 5.26 Å². The van der Waals surface area contributed by atoms with E-state index < -0.39 is 41.0 Å². The Labute approximate surface area is 172 Å². The highest BCUT2D eigenvalue weighted by Gasteiger charge is 2.58. The van der Waals surface area contributed by atoms with Crippen molar-refractivity contribution >= 4 is 10.9 Å². The molecule has 0 spiro atoms. The number of nitriles is 1. The van der Waals surface area contributed by atoms with Crippen LogP contribution in [0.15, 0.2) is 54.9 Å². The molecule has 31 heavy (non-hydrogen) atoms. The molecule has 4 aromatic rings. The van der Waals surface area contributed by atoms with Gasteiger partial charge in [0.1, 0.15) is 29.7 Å². The predicted octanol–water partition coefficient (Wildman–Crippen LogP) is 3.05. The number of fused-ring (bicyclic) bond motifs is 1. The molecule has 11 heteroatoms. The lowest BCUT2D eigenvalue weighted by Crippen LogP contribution is -2.48. The summed E-state index contributed by atoms with van der Waals surface area (Å²) in [7, 11) is 0. The molecule has 1 unspecified atom stereocenters. The molecule has 2 aromatic heterocycles. The molecule has 0 bridgehead atoms. The molecule has 0 radical (unpaired) electrons. The average Bonchev–Trinajstić information content (AvgIpc) is 3.25. The molecule has 1 atom stereocenters. The maximum Gasteiger partial charge on any atom is 0.323 e. The number of alkyl halides is 2. The summed E-state index contributed by atoms with van der Waals surface area (Å²) in [4.78, 5) is 3.90. The van der Waals surface area contributed by atoms with Crippen LogP contribution >= 0.6 is 0 Å². The van der Waals surface area contributed by atoms with Crippen molar-refractivity contribution < 1.29 is 22.7 Å². The Kier molecular flexibility index (Phi) is 4.87. The van der Waals surface area contributed by atoms with Crippen LogP contribution in [0.4, 0.5) is 17.6 Å². The Morgan fingerprint density at radius 1 is 1.10 bits per heavy atom. The van der Waals surface area contributed by atoms with E-state index in [1.165, 1.54) is 12.1 Å². The highest BCUT2D eigenvalue weighted by molar-refractivity contribution is 5.84. The second kappa shape index (κ2) is 7.41. The number of hydrogen-bond donors (Lipinski definition) is 1. The zero-order chi connectivity index (χ0) is 22.2. The van der Waals surface area contributed by atoms with Crippen molar-refractivity contribution in [3.8, 4) is 6.07 Å². The van der Waals surface area contributed by atoms with Crippen molar-refractivity contribution in [2.45, 2.75) is 18.1 Å². The Bertz CT molecular complexity index is 1310. The zero-order valence-corrected chi connectivity index (χ0v) is 15.5. The summed E-state index contributed by atoms with van der Waals surface area (Å²) in [5.41, 5.74) is -4.99. The first kappa shape index (κ1) is 20.4. The number of tetrazole rings is 1. The number of pyridine rings is 1. The lowest BCUT2D eigenvalue weighted by atomic mass is 9.84. The van der Waals surface area contributed by atoms with Crippen molar-refractivity contribution in [2.24, 2.45) is 0 Å². The van der Waals surface area contributed by atoms with Crippen LogP contribution in [-0.2, 0) is 18.1 Å². The standard InChI is InChI=1S/C20H12F4N6O/c21-14-5-6-15(16(22)8-14)19(31,10-30-11-26-28-29-30)20(23,24)17-7-4-12-2-1-3-13(9-25)18(12)27-17/h1-8,11,31H,10H2. The Balaban J connectivity index is 1.93. The van der Waals surface area contributed by atoms with Crippen LogP contribution in [0.3, 0.4) is 0 Å². The summed E-state index contributed by atoms with van der Waals surface area (Å²) in [6, 6.07) is 10.6. The molecular formula is C20H12F4N6O. The Morgan fingerprint density at radius 3 is 2.58 bits per heavy atom. The number of benzene rings is 2. The van der Waals surface area contributed by atoms with Crippen LogP contribution in [0.5, 0.6) is 0 Å². The first-order valence-electron chi connectivity index (χ1n) is 8.83. The largest absolute Gasteiger partial charge is 0.377 e. The average molecular weight is 428 g/mol. The molecule has 2 heterocycles. The van der Waals surface area contributed by atoms with Crippen LogP contribution in [-0.4, -0.2) is 30.3 Å². The summed E-state index contributed by atoms with van der Waals surface area (Å²) in [5.74, 6) is -6.58. The number of hydrogen-bond acceptors (Lipinski definition) is 6. The van der Waals surface area contributed by atoms with Crippen LogP contribution in [0.2, 0.25) is 0 Å². The fraction of sp³-hybridized carbons (Fsp3) is 0.150. The van der Waals surface area contributed by atoms with E-state index in [0.29, 0.717) is 11.5 Å². The maximum atomic E-state index is 15.8. The second-order valence-electron chi connectivity index (χ2n) is 6.75. The maximum absolute atomic E-state index is 15.8. The molecule has 0 fully saturated rings. The van der Waals surface area contributed by atoms with Crippen molar-refractivity contribution in [3.05, 3.63) is 83.3 Å². The third kappa shape index (κ3) is 3.36. The first-order chi connectivity index (χ1) is 14.8. The smallest absolute Gasteiger partial charge is 0.323 e. The van der Waals surface area contributed by atoms with E-state index >= 15 is 8.78 Å². The molecule has 0 saturated heterocycles. The van der Waals surface area contributed by atoms with Gasteiger partial charge in [0.25, 0.3) is 0 Å². The molecule has 0 aliphatic rings. The number of rotatable bonds is 5. The van der Waals surface area contributed by atoms with Crippen LogP contribution in [0, 0.1) is 23.0 Å². The van der Waals surface area contributed by atoms with Crippen molar-refractivity contribution in [1.82, 2.24) is 25.2 Å². The third-order valence-electron chi connectivity index (χ3n) is 4.84. The van der Waals surface area contributed by atoms with E-state index in [2.05, 4.69) is 20.5 Å². The number of nitrogens with zero attached hydrogens (tertiary/aromatic N) is 6. The minimum Gasteiger partial charge on any atom is -0.377 e. The van der Waals surface area contributed by atoms with E-state index in [-0.39, 0.29) is 11.1 Å². The predicted molar refractivity (Wildman–Crippen MR) is 98.4 cm³/mol. The van der Waals surface area contributed by atoms with Gasteiger partial charge in [0.15, 0.2) is 5.60 Å². The highest BCUT2D eigenvalue weighted by atomic mass is 19.3. The fourth-order valence-electron chi connectivity index (χ4n) is 3.29. The number of aliphatic hydroxyl groups is 1. The van der Waals surface area contributed by atoms with E-state index in [1.807, 2.05) is 6.07 Å². The second-order valence-corrected chi connectivity index (χ2v) is 6.75. The summed E-state index contributed by atoms with van der Waals surface area (Å²) >= 11 is 0.